The summed E-state index contributed by atoms with van der Waals surface area (Å²) < 4.78 is 0. The van der Waals surface area contributed by atoms with Gasteiger partial charge in [-0.2, -0.15) is 0 Å². The molecule has 2 aromatic heterocycles. The number of halogens is 1. The fraction of sp³-hybridized carbons (Fsp3) is 0.100. The van der Waals surface area contributed by atoms with Crippen LogP contribution >= 0.6 is 22.7 Å². The van der Waals surface area contributed by atoms with Gasteiger partial charge in [-0.25, -0.2) is 0 Å². The van der Waals surface area contributed by atoms with Gasteiger partial charge in [0.2, 0.25) is 0 Å². The molecule has 0 fully saturated rings. The molecule has 0 saturated heterocycles. The highest BCUT2D eigenvalue weighted by Gasteiger charge is 2.23. The Kier molecular flexibility index (Phi) is 3.99. The Morgan fingerprint density at radius 3 is 1.87 bits per heavy atom. The summed E-state index contributed by atoms with van der Waals surface area (Å²) in [6.45, 7) is 0. The second-order valence-corrected chi connectivity index (χ2v) is 4.76. The summed E-state index contributed by atoms with van der Waals surface area (Å²) in [4.78, 5) is 12.9. The van der Waals surface area contributed by atoms with Gasteiger partial charge >= 0.3 is 5.97 Å². The lowest BCUT2D eigenvalue weighted by Crippen LogP contribution is -2.09. The molecule has 0 bridgehead atoms. The third-order valence-electron chi connectivity index (χ3n) is 1.90. The maximum atomic E-state index is 11.1. The van der Waals surface area contributed by atoms with Crippen molar-refractivity contribution in [1.82, 2.24) is 0 Å². The van der Waals surface area contributed by atoms with Crippen LogP contribution in [0.25, 0.3) is 0 Å². The van der Waals surface area contributed by atoms with Gasteiger partial charge in [0.1, 0.15) is 5.92 Å². The van der Waals surface area contributed by atoms with Crippen LogP contribution in [0.3, 0.4) is 0 Å². The molecule has 0 atom stereocenters. The Balaban J connectivity index is 0.00000112. The third-order valence-corrected chi connectivity index (χ3v) is 3.78. The van der Waals surface area contributed by atoms with Gasteiger partial charge in [-0.3, -0.25) is 9.50 Å². The van der Waals surface area contributed by atoms with Gasteiger partial charge in [0, 0.05) is 9.75 Å². The summed E-state index contributed by atoms with van der Waals surface area (Å²) in [6.07, 6.45) is 0. The molecule has 2 aromatic rings. The minimum absolute atomic E-state index is 0. The summed E-state index contributed by atoms with van der Waals surface area (Å²) in [5.74, 6) is -1.27. The van der Waals surface area contributed by atoms with Gasteiger partial charge < -0.3 is 5.11 Å². The molecule has 2 heterocycles. The van der Waals surface area contributed by atoms with Crippen molar-refractivity contribution in [3.05, 3.63) is 44.8 Å². The average molecular weight is 244 g/mol. The Bertz CT molecular complexity index is 374. The highest BCUT2D eigenvalue weighted by molar-refractivity contribution is 7.11. The molecule has 5 heteroatoms. The smallest absolute Gasteiger partial charge is 0.317 e. The molecule has 2 nitrogen and oxygen atoms in total. The number of hydrogen-bond acceptors (Lipinski definition) is 3. The molecule has 0 radical (unpaired) electrons. The summed E-state index contributed by atoms with van der Waals surface area (Å²) >= 11 is 2.97. The normalized spacial score (nSPS) is 9.93. The second kappa shape index (κ2) is 5.04. The van der Waals surface area contributed by atoms with Crippen molar-refractivity contribution >= 4 is 28.6 Å². The number of carboxylic acids is 1. The molecule has 0 spiro atoms. The van der Waals surface area contributed by atoms with Crippen molar-refractivity contribution in [2.45, 2.75) is 5.92 Å². The van der Waals surface area contributed by atoms with Gasteiger partial charge in [0.25, 0.3) is 0 Å². The summed E-state index contributed by atoms with van der Waals surface area (Å²) in [6, 6.07) is 7.49. The van der Waals surface area contributed by atoms with Crippen LogP contribution in [0.1, 0.15) is 15.7 Å². The van der Waals surface area contributed by atoms with Crippen molar-refractivity contribution in [2.24, 2.45) is 0 Å². The minimum Gasteiger partial charge on any atom is -0.480 e. The van der Waals surface area contributed by atoms with Crippen LogP contribution in [0.15, 0.2) is 35.0 Å². The lowest BCUT2D eigenvalue weighted by Gasteiger charge is -2.06. The van der Waals surface area contributed by atoms with E-state index in [4.69, 9.17) is 5.11 Å². The first-order valence-electron chi connectivity index (χ1n) is 4.08. The molecule has 0 saturated carbocycles. The maximum Gasteiger partial charge on any atom is 0.317 e. The van der Waals surface area contributed by atoms with Crippen LogP contribution in [-0.2, 0) is 4.79 Å². The van der Waals surface area contributed by atoms with Gasteiger partial charge in [-0.05, 0) is 22.9 Å². The standard InChI is InChI=1S/C10H8O2S2.FH/c11-10(12)9(7-3-1-5-13-7)8-4-2-6-14-8;/h1-6,9H,(H,11,12);1H. The van der Waals surface area contributed by atoms with E-state index >= 15 is 0 Å². The number of aliphatic carboxylic acids is 1. The number of hydrogen-bond donors (Lipinski definition) is 1. The molecule has 0 amide bonds. The van der Waals surface area contributed by atoms with E-state index in [0.29, 0.717) is 0 Å². The van der Waals surface area contributed by atoms with Gasteiger partial charge in [-0.1, -0.05) is 12.1 Å². The minimum atomic E-state index is -0.782. The number of carbonyl (C=O) groups is 1. The Morgan fingerprint density at radius 1 is 1.13 bits per heavy atom. The zero-order valence-corrected chi connectivity index (χ0v) is 9.25. The van der Waals surface area contributed by atoms with E-state index < -0.39 is 11.9 Å². The monoisotopic (exact) mass is 244 g/mol. The van der Waals surface area contributed by atoms with E-state index in [-0.39, 0.29) is 4.70 Å². The van der Waals surface area contributed by atoms with Crippen LogP contribution < -0.4 is 0 Å². The van der Waals surface area contributed by atoms with Crippen molar-refractivity contribution in [3.63, 3.8) is 0 Å². The maximum absolute atomic E-state index is 11.1. The zero-order valence-electron chi connectivity index (χ0n) is 7.62. The SMILES string of the molecule is F.O=C(O)C(c1cccs1)c1cccs1. The Labute approximate surface area is 94.2 Å². The fourth-order valence-electron chi connectivity index (χ4n) is 1.29. The molecule has 0 aliphatic heterocycles. The Morgan fingerprint density at radius 2 is 1.60 bits per heavy atom. The van der Waals surface area contributed by atoms with Crippen molar-refractivity contribution in [1.29, 1.82) is 0 Å². The topological polar surface area (TPSA) is 37.3 Å². The average Bonchev–Trinajstić information content (AvgIpc) is 2.75. The fourth-order valence-corrected chi connectivity index (χ4v) is 3.04. The van der Waals surface area contributed by atoms with Crippen LogP contribution in [-0.4, -0.2) is 11.1 Å². The third kappa shape index (κ3) is 2.43. The van der Waals surface area contributed by atoms with Crippen molar-refractivity contribution < 1.29 is 14.6 Å². The lowest BCUT2D eigenvalue weighted by atomic mass is 10.1. The van der Waals surface area contributed by atoms with Gasteiger partial charge in [-0.15, -0.1) is 22.7 Å². The molecule has 0 aliphatic carbocycles. The first-order valence-corrected chi connectivity index (χ1v) is 5.84. The second-order valence-electron chi connectivity index (χ2n) is 2.80. The molecule has 0 unspecified atom stereocenters. The van der Waals surface area contributed by atoms with E-state index in [1.54, 1.807) is 0 Å². The molecule has 0 aromatic carbocycles. The van der Waals surface area contributed by atoms with Crippen LogP contribution in [0.4, 0.5) is 4.70 Å². The van der Waals surface area contributed by atoms with E-state index in [0.717, 1.165) is 9.75 Å². The summed E-state index contributed by atoms with van der Waals surface area (Å²) in [5.41, 5.74) is 0. The number of carboxylic acid groups (broad SMARTS) is 1. The first-order chi connectivity index (χ1) is 6.79. The number of thiophene rings is 2. The van der Waals surface area contributed by atoms with Crippen molar-refractivity contribution in [2.75, 3.05) is 0 Å². The van der Waals surface area contributed by atoms with Crippen molar-refractivity contribution in [3.8, 4) is 0 Å². The van der Waals surface area contributed by atoms with E-state index in [1.807, 2.05) is 35.0 Å². The van der Waals surface area contributed by atoms with E-state index in [2.05, 4.69) is 0 Å². The molecule has 80 valence electrons. The predicted molar refractivity (Wildman–Crippen MR) is 60.6 cm³/mol. The quantitative estimate of drug-likeness (QED) is 0.900. The van der Waals surface area contributed by atoms with E-state index in [9.17, 15) is 4.79 Å². The van der Waals surface area contributed by atoms with Crippen LogP contribution in [0.5, 0.6) is 0 Å². The van der Waals surface area contributed by atoms with Gasteiger partial charge in [0.15, 0.2) is 0 Å². The molecule has 15 heavy (non-hydrogen) atoms. The first kappa shape index (κ1) is 11.9. The van der Waals surface area contributed by atoms with E-state index in [1.165, 1.54) is 22.7 Å². The molecule has 0 aliphatic rings. The van der Waals surface area contributed by atoms with Crippen LogP contribution in [0, 0.1) is 0 Å². The molecular weight excluding hydrogens is 235 g/mol. The van der Waals surface area contributed by atoms with Gasteiger partial charge in [0.05, 0.1) is 0 Å². The predicted octanol–water partition coefficient (Wildman–Crippen LogP) is 3.18. The Hall–Kier alpha value is -1.20. The molecule has 2 rings (SSSR count). The molecule has 1 N–H and O–H groups in total. The summed E-state index contributed by atoms with van der Waals surface area (Å²) in [7, 11) is 0. The molecular formula is C10H9FO2S2. The highest BCUT2D eigenvalue weighted by Crippen LogP contribution is 2.31. The highest BCUT2D eigenvalue weighted by atomic mass is 32.1. The summed E-state index contributed by atoms with van der Waals surface area (Å²) in [5, 5.41) is 12.9. The van der Waals surface area contributed by atoms with Crippen LogP contribution in [0.2, 0.25) is 0 Å². The largest absolute Gasteiger partial charge is 0.480 e. The lowest BCUT2D eigenvalue weighted by molar-refractivity contribution is -0.137. The zero-order chi connectivity index (χ0) is 9.97. The number of rotatable bonds is 3.